The van der Waals surface area contributed by atoms with Crippen LogP contribution in [0.5, 0.6) is 0 Å². The van der Waals surface area contributed by atoms with Crippen LogP contribution in [-0.2, 0) is 9.59 Å². The summed E-state index contributed by atoms with van der Waals surface area (Å²) in [4.78, 5) is 20.4. The Kier molecular flexibility index (Phi) is 11.9. The van der Waals surface area contributed by atoms with Gasteiger partial charge in [-0.3, -0.25) is 0 Å². The highest BCUT2D eigenvalue weighted by atomic mass is 35.5. The molecule has 3 N–H and O–H groups in total. The Morgan fingerprint density at radius 1 is 1.08 bits per heavy atom. The van der Waals surface area contributed by atoms with E-state index in [1.807, 2.05) is 12.1 Å². The molecule has 6 nitrogen and oxygen atoms in total. The van der Waals surface area contributed by atoms with Gasteiger partial charge >= 0.3 is 11.9 Å². The first-order valence-electron chi connectivity index (χ1n) is 8.22. The summed E-state index contributed by atoms with van der Waals surface area (Å²) in [6.45, 7) is 7.79. The quantitative estimate of drug-likeness (QED) is 0.480. The van der Waals surface area contributed by atoms with Crippen LogP contribution in [-0.4, -0.2) is 60.8 Å². The lowest BCUT2D eigenvalue weighted by Gasteiger charge is -2.22. The molecule has 0 heterocycles. The van der Waals surface area contributed by atoms with Gasteiger partial charge in [0.2, 0.25) is 0 Å². The van der Waals surface area contributed by atoms with Crippen LogP contribution >= 0.6 is 11.6 Å². The molecule has 142 valence electrons. The number of halogens is 1. The van der Waals surface area contributed by atoms with Crippen LogP contribution in [0.2, 0.25) is 5.02 Å². The van der Waals surface area contributed by atoms with Crippen LogP contribution in [0.3, 0.4) is 0 Å². The van der Waals surface area contributed by atoms with Crippen molar-refractivity contribution in [1.82, 2.24) is 10.2 Å². The van der Waals surface area contributed by atoms with Gasteiger partial charge in [-0.15, -0.1) is 0 Å². The zero-order valence-corrected chi connectivity index (χ0v) is 16.1. The van der Waals surface area contributed by atoms with Crippen molar-refractivity contribution in [3.05, 3.63) is 34.9 Å². The Morgan fingerprint density at radius 3 is 2.00 bits per heavy atom. The fraction of sp³-hybridized carbons (Fsp3) is 0.556. The largest absolute Gasteiger partial charge is 0.473 e. The van der Waals surface area contributed by atoms with Crippen molar-refractivity contribution in [2.75, 3.05) is 33.7 Å². The lowest BCUT2D eigenvalue weighted by molar-refractivity contribution is -0.159. The molecule has 0 saturated carbocycles. The number of carbonyl (C=O) groups is 2. The van der Waals surface area contributed by atoms with Crippen molar-refractivity contribution in [3.8, 4) is 0 Å². The zero-order chi connectivity index (χ0) is 19.4. The molecule has 1 rings (SSSR count). The molecule has 0 radical (unpaired) electrons. The average molecular weight is 373 g/mol. The number of carboxylic acid groups (broad SMARTS) is 2. The van der Waals surface area contributed by atoms with E-state index < -0.39 is 11.9 Å². The molecular formula is C18H29ClN2O4. The smallest absolute Gasteiger partial charge is 0.414 e. The molecule has 0 saturated heterocycles. The zero-order valence-electron chi connectivity index (χ0n) is 15.3. The fourth-order valence-electron chi connectivity index (χ4n) is 2.28. The third-order valence-corrected chi connectivity index (χ3v) is 3.91. The monoisotopic (exact) mass is 372 g/mol. The van der Waals surface area contributed by atoms with Crippen molar-refractivity contribution >= 4 is 23.5 Å². The van der Waals surface area contributed by atoms with Crippen molar-refractivity contribution in [3.63, 3.8) is 0 Å². The molecule has 25 heavy (non-hydrogen) atoms. The summed E-state index contributed by atoms with van der Waals surface area (Å²) < 4.78 is 0. The second kappa shape index (κ2) is 12.7. The molecule has 0 bridgehead atoms. The molecule has 0 aliphatic rings. The molecule has 0 amide bonds. The Balaban J connectivity index is 0.000000823. The number of hydrogen-bond donors (Lipinski definition) is 3. The molecular weight excluding hydrogens is 344 g/mol. The maximum atomic E-state index is 9.10. The maximum Gasteiger partial charge on any atom is 0.414 e. The first-order chi connectivity index (χ1) is 11.6. The van der Waals surface area contributed by atoms with Gasteiger partial charge < -0.3 is 20.4 Å². The van der Waals surface area contributed by atoms with Gasteiger partial charge in [0.25, 0.3) is 0 Å². The second-order valence-electron chi connectivity index (χ2n) is 6.35. The minimum atomic E-state index is -1.82. The van der Waals surface area contributed by atoms with Gasteiger partial charge in [0.15, 0.2) is 0 Å². The van der Waals surface area contributed by atoms with E-state index >= 15 is 0 Å². The number of nitrogens with one attached hydrogen (secondary N) is 1. The molecule has 0 aliphatic heterocycles. The molecule has 1 aromatic rings. The summed E-state index contributed by atoms with van der Waals surface area (Å²) in [5, 5.41) is 19.1. The number of carboxylic acids is 2. The number of rotatable bonds is 8. The maximum absolute atomic E-state index is 9.10. The second-order valence-corrected chi connectivity index (χ2v) is 6.79. The standard InChI is InChI=1S/C16H27ClN2.C2H2O4/c1-13(2)16(9-10-18-11-12-19(3)4)14-5-7-15(17)8-6-14;3-1(4)2(5)6/h5-8,13,16,18H,9-12H2,1-4H3;(H,3,4)(H,5,6). The third-order valence-electron chi connectivity index (χ3n) is 3.65. The van der Waals surface area contributed by atoms with Crippen molar-refractivity contribution in [1.29, 1.82) is 0 Å². The number of aliphatic carboxylic acids is 2. The van der Waals surface area contributed by atoms with E-state index in [1.165, 1.54) is 12.0 Å². The highest BCUT2D eigenvalue weighted by Gasteiger charge is 2.15. The molecule has 0 spiro atoms. The number of benzene rings is 1. The SMILES string of the molecule is CC(C)C(CCNCCN(C)C)c1ccc(Cl)cc1.O=C(O)C(=O)O. The molecule has 1 atom stereocenters. The van der Waals surface area contributed by atoms with Gasteiger partial charge in [0, 0.05) is 18.1 Å². The van der Waals surface area contributed by atoms with Gasteiger partial charge in [0.05, 0.1) is 0 Å². The molecule has 0 aliphatic carbocycles. The van der Waals surface area contributed by atoms with Gasteiger partial charge in [-0.05, 0) is 56.6 Å². The number of nitrogens with zero attached hydrogens (tertiary/aromatic N) is 1. The molecule has 7 heteroatoms. The van der Waals surface area contributed by atoms with Gasteiger partial charge in [0.1, 0.15) is 0 Å². The highest BCUT2D eigenvalue weighted by molar-refractivity contribution is 6.30. The average Bonchev–Trinajstić information content (AvgIpc) is 2.52. The minimum absolute atomic E-state index is 0.601. The number of likely N-dealkylation sites (N-methyl/N-ethyl adjacent to an activating group) is 1. The van der Waals surface area contributed by atoms with E-state index in [-0.39, 0.29) is 0 Å². The molecule has 0 aromatic heterocycles. The van der Waals surface area contributed by atoms with Crippen molar-refractivity contribution < 1.29 is 19.8 Å². The van der Waals surface area contributed by atoms with E-state index in [9.17, 15) is 0 Å². The lowest BCUT2D eigenvalue weighted by Crippen LogP contribution is -2.28. The highest BCUT2D eigenvalue weighted by Crippen LogP contribution is 2.28. The Hall–Kier alpha value is -1.63. The molecule has 1 unspecified atom stereocenters. The lowest BCUT2D eigenvalue weighted by atomic mass is 9.86. The van der Waals surface area contributed by atoms with E-state index in [0.29, 0.717) is 11.8 Å². The van der Waals surface area contributed by atoms with Crippen molar-refractivity contribution in [2.45, 2.75) is 26.2 Å². The Morgan fingerprint density at radius 2 is 1.60 bits per heavy atom. The summed E-state index contributed by atoms with van der Waals surface area (Å²) in [6.07, 6.45) is 1.17. The summed E-state index contributed by atoms with van der Waals surface area (Å²) in [7, 11) is 4.21. The third kappa shape index (κ3) is 11.5. The normalized spacial score (nSPS) is 11.8. The van der Waals surface area contributed by atoms with Gasteiger partial charge in [-0.2, -0.15) is 0 Å². The van der Waals surface area contributed by atoms with E-state index in [1.54, 1.807) is 0 Å². The van der Waals surface area contributed by atoms with Crippen LogP contribution in [0, 0.1) is 5.92 Å². The Bertz CT molecular complexity index is 506. The summed E-state index contributed by atoms with van der Waals surface area (Å²) in [5.41, 5.74) is 1.40. The van der Waals surface area contributed by atoms with Crippen LogP contribution in [0.25, 0.3) is 0 Å². The summed E-state index contributed by atoms with van der Waals surface area (Å²) in [6, 6.07) is 8.30. The van der Waals surface area contributed by atoms with E-state index in [0.717, 1.165) is 24.7 Å². The number of hydrogen-bond acceptors (Lipinski definition) is 4. The van der Waals surface area contributed by atoms with Gasteiger partial charge in [-0.1, -0.05) is 37.6 Å². The predicted octanol–water partition coefficient (Wildman–Crippen LogP) is 2.78. The first kappa shape index (κ1) is 23.4. The van der Waals surface area contributed by atoms with Crippen LogP contribution in [0.4, 0.5) is 0 Å². The topological polar surface area (TPSA) is 89.9 Å². The summed E-state index contributed by atoms with van der Waals surface area (Å²) >= 11 is 5.95. The Labute approximate surface area is 154 Å². The fourth-order valence-corrected chi connectivity index (χ4v) is 2.41. The predicted molar refractivity (Wildman–Crippen MR) is 100 cm³/mol. The minimum Gasteiger partial charge on any atom is -0.473 e. The van der Waals surface area contributed by atoms with Crippen molar-refractivity contribution in [2.24, 2.45) is 5.92 Å². The first-order valence-corrected chi connectivity index (χ1v) is 8.60. The molecule has 1 aromatic carbocycles. The van der Waals surface area contributed by atoms with Gasteiger partial charge in [-0.25, -0.2) is 9.59 Å². The van der Waals surface area contributed by atoms with E-state index in [4.69, 9.17) is 31.4 Å². The van der Waals surface area contributed by atoms with E-state index in [2.05, 4.69) is 50.3 Å². The van der Waals surface area contributed by atoms with Crippen LogP contribution < -0.4 is 5.32 Å². The summed E-state index contributed by atoms with van der Waals surface area (Å²) in [5.74, 6) is -2.40. The van der Waals surface area contributed by atoms with Crippen LogP contribution in [0.1, 0.15) is 31.7 Å². The van der Waals surface area contributed by atoms with Crippen LogP contribution in [0.15, 0.2) is 24.3 Å². The molecule has 0 fully saturated rings.